The van der Waals surface area contributed by atoms with Crippen LogP contribution < -0.4 is 5.32 Å². The Balaban J connectivity index is 1.72. The third-order valence-corrected chi connectivity index (χ3v) is 5.00. The number of hydrogen-bond donors (Lipinski definition) is 1. The first kappa shape index (κ1) is 20.0. The fourth-order valence-electron chi connectivity index (χ4n) is 3.46. The number of hydrogen-bond acceptors (Lipinski definition) is 4. The number of amides is 1. The van der Waals surface area contributed by atoms with E-state index < -0.39 is 5.91 Å². The molecule has 0 saturated heterocycles. The van der Waals surface area contributed by atoms with Crippen LogP contribution in [0.25, 0.3) is 22.8 Å². The molecular weight excluding hydrogens is 386 g/mol. The summed E-state index contributed by atoms with van der Waals surface area (Å²) in [5.41, 5.74) is 4.54. The lowest BCUT2D eigenvalue weighted by molar-refractivity contribution is -0.112. The van der Waals surface area contributed by atoms with Crippen molar-refractivity contribution in [3.63, 3.8) is 0 Å². The highest BCUT2D eigenvalue weighted by atomic mass is 16.1. The number of nitriles is 1. The molecule has 0 aliphatic carbocycles. The SMILES string of the molecule is Cc1cc(NC(=O)/C(C#N)=C/c2ccccc2)n(-c2cc(C)c3cccc(C)c3n2)n1. The molecule has 6 nitrogen and oxygen atoms in total. The van der Waals surface area contributed by atoms with Gasteiger partial charge in [-0.1, -0.05) is 48.5 Å². The Bertz CT molecular complexity index is 1360. The fourth-order valence-corrected chi connectivity index (χ4v) is 3.46. The Morgan fingerprint density at radius 1 is 1.03 bits per heavy atom. The number of rotatable bonds is 4. The molecule has 6 heteroatoms. The Labute approximate surface area is 180 Å². The van der Waals surface area contributed by atoms with Gasteiger partial charge in [0.1, 0.15) is 17.5 Å². The molecule has 152 valence electrons. The normalized spacial score (nSPS) is 11.4. The highest BCUT2D eigenvalue weighted by Gasteiger charge is 2.16. The van der Waals surface area contributed by atoms with Crippen molar-refractivity contribution in [2.24, 2.45) is 0 Å². The topological polar surface area (TPSA) is 83.6 Å². The second kappa shape index (κ2) is 8.25. The van der Waals surface area contributed by atoms with Gasteiger partial charge in [0.15, 0.2) is 5.82 Å². The number of para-hydroxylation sites is 1. The van der Waals surface area contributed by atoms with Crippen molar-refractivity contribution in [2.45, 2.75) is 20.8 Å². The summed E-state index contributed by atoms with van der Waals surface area (Å²) in [6, 6.07) is 21.0. The molecule has 0 aliphatic heterocycles. The molecule has 1 amide bonds. The van der Waals surface area contributed by atoms with Gasteiger partial charge in [-0.15, -0.1) is 0 Å². The zero-order chi connectivity index (χ0) is 22.0. The summed E-state index contributed by atoms with van der Waals surface area (Å²) in [6.45, 7) is 5.89. The van der Waals surface area contributed by atoms with E-state index in [1.165, 1.54) is 0 Å². The molecule has 0 spiro atoms. The van der Waals surface area contributed by atoms with Crippen molar-refractivity contribution in [1.82, 2.24) is 14.8 Å². The first-order valence-corrected chi connectivity index (χ1v) is 9.88. The third-order valence-electron chi connectivity index (χ3n) is 5.00. The quantitative estimate of drug-likeness (QED) is 0.386. The number of nitrogens with zero attached hydrogens (tertiary/aromatic N) is 4. The lowest BCUT2D eigenvalue weighted by Crippen LogP contribution is -2.17. The van der Waals surface area contributed by atoms with Crippen LogP contribution in [0, 0.1) is 32.1 Å². The molecule has 1 N–H and O–H groups in total. The summed E-state index contributed by atoms with van der Waals surface area (Å²) in [5.74, 6) is 0.561. The second-order valence-corrected chi connectivity index (χ2v) is 7.39. The number of fused-ring (bicyclic) bond motifs is 1. The summed E-state index contributed by atoms with van der Waals surface area (Å²) in [6.07, 6.45) is 1.56. The van der Waals surface area contributed by atoms with E-state index in [9.17, 15) is 10.1 Å². The standard InChI is InChI=1S/C25H21N5O/c1-16-8-7-11-21-17(2)12-22(27-24(16)21)30-23(13-18(3)29-30)28-25(31)20(15-26)14-19-9-5-4-6-10-19/h4-14H,1-3H3,(H,28,31)/b20-14+. The van der Waals surface area contributed by atoms with Crippen LogP contribution in [0.4, 0.5) is 5.82 Å². The van der Waals surface area contributed by atoms with Gasteiger partial charge in [-0.2, -0.15) is 15.0 Å². The molecule has 4 rings (SSSR count). The largest absolute Gasteiger partial charge is 0.306 e. The van der Waals surface area contributed by atoms with Crippen LogP contribution in [-0.4, -0.2) is 20.7 Å². The molecule has 0 saturated carbocycles. The molecule has 4 aromatic rings. The maximum atomic E-state index is 12.8. The Morgan fingerprint density at radius 2 is 1.81 bits per heavy atom. The van der Waals surface area contributed by atoms with Crippen LogP contribution in [0.2, 0.25) is 0 Å². The minimum Gasteiger partial charge on any atom is -0.306 e. The van der Waals surface area contributed by atoms with E-state index in [1.54, 1.807) is 16.8 Å². The Morgan fingerprint density at radius 3 is 2.55 bits per heavy atom. The fraction of sp³-hybridized carbons (Fsp3) is 0.120. The summed E-state index contributed by atoms with van der Waals surface area (Å²) < 4.78 is 1.60. The third kappa shape index (κ3) is 4.07. The summed E-state index contributed by atoms with van der Waals surface area (Å²) in [4.78, 5) is 17.6. The van der Waals surface area contributed by atoms with Crippen LogP contribution >= 0.6 is 0 Å². The smallest absolute Gasteiger partial charge is 0.267 e. The average Bonchev–Trinajstić information content (AvgIpc) is 3.13. The highest BCUT2D eigenvalue weighted by molar-refractivity contribution is 6.09. The van der Waals surface area contributed by atoms with Crippen LogP contribution in [0.5, 0.6) is 0 Å². The number of pyridine rings is 1. The van der Waals surface area contributed by atoms with Crippen LogP contribution in [-0.2, 0) is 4.79 Å². The monoisotopic (exact) mass is 407 g/mol. The summed E-state index contributed by atoms with van der Waals surface area (Å²) >= 11 is 0. The van der Waals surface area contributed by atoms with Crippen molar-refractivity contribution in [3.05, 3.63) is 88.6 Å². The lowest BCUT2D eigenvalue weighted by Gasteiger charge is -2.11. The predicted molar refractivity (Wildman–Crippen MR) is 122 cm³/mol. The van der Waals surface area contributed by atoms with E-state index in [0.717, 1.165) is 33.3 Å². The van der Waals surface area contributed by atoms with Gasteiger partial charge in [-0.05, 0) is 49.6 Å². The van der Waals surface area contributed by atoms with Gasteiger partial charge in [-0.3, -0.25) is 4.79 Å². The molecule has 0 atom stereocenters. The van der Waals surface area contributed by atoms with Crippen molar-refractivity contribution < 1.29 is 4.79 Å². The van der Waals surface area contributed by atoms with Gasteiger partial charge >= 0.3 is 0 Å². The van der Waals surface area contributed by atoms with Gasteiger partial charge in [0.25, 0.3) is 5.91 Å². The Kier molecular flexibility index (Phi) is 5.33. The molecule has 2 aromatic heterocycles. The number of carbonyl (C=O) groups excluding carboxylic acids is 1. The molecule has 0 aliphatic rings. The number of carbonyl (C=O) groups is 1. The molecule has 0 radical (unpaired) electrons. The minimum absolute atomic E-state index is 0.00935. The zero-order valence-electron chi connectivity index (χ0n) is 17.5. The summed E-state index contributed by atoms with van der Waals surface area (Å²) in [5, 5.41) is 17.9. The molecule has 2 heterocycles. The highest BCUT2D eigenvalue weighted by Crippen LogP contribution is 2.24. The number of aromatic nitrogens is 3. The van der Waals surface area contributed by atoms with E-state index >= 15 is 0 Å². The first-order valence-electron chi connectivity index (χ1n) is 9.88. The van der Waals surface area contributed by atoms with Gasteiger partial charge in [0.05, 0.1) is 11.2 Å². The summed E-state index contributed by atoms with van der Waals surface area (Å²) in [7, 11) is 0. The number of aryl methyl sites for hydroxylation is 3. The van der Waals surface area contributed by atoms with E-state index in [2.05, 4.69) is 10.4 Å². The van der Waals surface area contributed by atoms with Gasteiger partial charge in [-0.25, -0.2) is 4.98 Å². The first-order chi connectivity index (χ1) is 15.0. The minimum atomic E-state index is -0.499. The van der Waals surface area contributed by atoms with E-state index in [-0.39, 0.29) is 5.57 Å². The van der Waals surface area contributed by atoms with E-state index in [1.807, 2.05) is 81.4 Å². The lowest BCUT2D eigenvalue weighted by atomic mass is 10.1. The van der Waals surface area contributed by atoms with Crippen LogP contribution in [0.3, 0.4) is 0 Å². The van der Waals surface area contributed by atoms with Crippen LogP contribution in [0.1, 0.15) is 22.4 Å². The maximum absolute atomic E-state index is 12.8. The number of nitrogens with one attached hydrogen (secondary N) is 1. The van der Waals surface area contributed by atoms with E-state index in [0.29, 0.717) is 11.6 Å². The maximum Gasteiger partial charge on any atom is 0.267 e. The van der Waals surface area contributed by atoms with Crippen molar-refractivity contribution in [1.29, 1.82) is 5.26 Å². The van der Waals surface area contributed by atoms with Crippen molar-refractivity contribution in [3.8, 4) is 11.9 Å². The van der Waals surface area contributed by atoms with Crippen molar-refractivity contribution in [2.75, 3.05) is 5.32 Å². The molecule has 0 fully saturated rings. The van der Waals surface area contributed by atoms with E-state index in [4.69, 9.17) is 4.98 Å². The number of benzene rings is 2. The molecule has 0 bridgehead atoms. The van der Waals surface area contributed by atoms with Gasteiger partial charge in [0.2, 0.25) is 0 Å². The zero-order valence-corrected chi connectivity index (χ0v) is 17.5. The van der Waals surface area contributed by atoms with Gasteiger partial charge in [0, 0.05) is 11.5 Å². The predicted octanol–water partition coefficient (Wildman–Crippen LogP) is 4.89. The second-order valence-electron chi connectivity index (χ2n) is 7.39. The van der Waals surface area contributed by atoms with Gasteiger partial charge < -0.3 is 5.32 Å². The molecule has 31 heavy (non-hydrogen) atoms. The Hall–Kier alpha value is -4.24. The molecule has 0 unspecified atom stereocenters. The van der Waals surface area contributed by atoms with Crippen molar-refractivity contribution >= 4 is 28.7 Å². The molecule has 2 aromatic carbocycles. The average molecular weight is 407 g/mol. The van der Waals surface area contributed by atoms with Crippen LogP contribution in [0.15, 0.2) is 66.2 Å². The number of anilines is 1. The molecular formula is C25H21N5O.